The molecule has 0 aliphatic heterocycles. The second-order valence-electron chi connectivity index (χ2n) is 3.60. The van der Waals surface area contributed by atoms with Crippen molar-refractivity contribution in [3.63, 3.8) is 0 Å². The van der Waals surface area contributed by atoms with Crippen LogP contribution in [0.1, 0.15) is 5.56 Å². The zero-order valence-corrected chi connectivity index (χ0v) is 12.1. The maximum absolute atomic E-state index is 8.91. The van der Waals surface area contributed by atoms with Gasteiger partial charge < -0.3 is 0 Å². The summed E-state index contributed by atoms with van der Waals surface area (Å²) in [7, 11) is 1.67. The molecular formula is C12H19AsNO3. The third-order valence-electron chi connectivity index (χ3n) is 2.28. The monoisotopic (exact) mass is 300 g/mol. The fourth-order valence-electron chi connectivity index (χ4n) is 1.61. The Morgan fingerprint density at radius 1 is 1.29 bits per heavy atom. The van der Waals surface area contributed by atoms with E-state index in [-0.39, 0.29) is 29.0 Å². The summed E-state index contributed by atoms with van der Waals surface area (Å²) in [6.45, 7) is 2.88. The average molecular weight is 300 g/mol. The van der Waals surface area contributed by atoms with E-state index < -0.39 is 0 Å². The fraction of sp³-hybridized carbons (Fsp3) is 0.500. The topological polar surface area (TPSA) is 61.7 Å². The first-order valence-corrected chi connectivity index (χ1v) is 7.81. The number of hydrogen-bond donors (Lipinski definition) is 3. The van der Waals surface area contributed by atoms with Crippen molar-refractivity contribution >= 4 is 25.8 Å². The second kappa shape index (κ2) is 7.59. The molecule has 0 aliphatic rings. The molecule has 0 heterocycles. The van der Waals surface area contributed by atoms with Crippen LogP contribution in [0.3, 0.4) is 0 Å². The van der Waals surface area contributed by atoms with E-state index in [0.717, 1.165) is 22.2 Å². The molecule has 0 bridgehead atoms. The van der Waals surface area contributed by atoms with Gasteiger partial charge in [-0.3, -0.25) is 0 Å². The summed E-state index contributed by atoms with van der Waals surface area (Å²) in [5.41, 5.74) is 2.08. The first kappa shape index (κ1) is 14.4. The molecule has 0 saturated heterocycles. The minimum atomic E-state index is -0.0783. The molecule has 0 atom stereocenters. The van der Waals surface area contributed by atoms with Gasteiger partial charge in [-0.25, -0.2) is 0 Å². The van der Waals surface area contributed by atoms with Crippen molar-refractivity contribution in [1.29, 1.82) is 0 Å². The fourth-order valence-corrected chi connectivity index (χ4v) is 3.67. The van der Waals surface area contributed by atoms with E-state index in [1.807, 2.05) is 13.0 Å². The first-order valence-electron chi connectivity index (χ1n) is 5.54. The Bertz CT molecular complexity index is 358. The van der Waals surface area contributed by atoms with Crippen LogP contribution in [0.15, 0.2) is 12.1 Å². The van der Waals surface area contributed by atoms with E-state index >= 15 is 0 Å². The van der Waals surface area contributed by atoms with E-state index in [0.29, 0.717) is 6.54 Å². The van der Waals surface area contributed by atoms with E-state index in [1.165, 1.54) is 4.35 Å². The van der Waals surface area contributed by atoms with Crippen molar-refractivity contribution in [3.05, 3.63) is 17.7 Å². The van der Waals surface area contributed by atoms with Crippen LogP contribution >= 0.6 is 0 Å². The molecular weight excluding hydrogens is 281 g/mol. The van der Waals surface area contributed by atoms with Crippen molar-refractivity contribution in [2.75, 3.05) is 32.2 Å². The van der Waals surface area contributed by atoms with Gasteiger partial charge >= 0.3 is 109 Å². The standard InChI is InChI=1S/C12H19AsNO3/c1-9-7-10(14-4-6-16)8-11(12(9)17-2)13-3-5-15/h7-8,14-16H,3-6H2,1-2H3. The molecule has 5 heteroatoms. The van der Waals surface area contributed by atoms with Crippen LogP contribution < -0.4 is 14.4 Å². The van der Waals surface area contributed by atoms with Crippen LogP contribution in [0.5, 0.6) is 5.75 Å². The van der Waals surface area contributed by atoms with Gasteiger partial charge in [0.1, 0.15) is 0 Å². The summed E-state index contributed by atoms with van der Waals surface area (Å²) >= 11 is -0.0783. The van der Waals surface area contributed by atoms with E-state index in [1.54, 1.807) is 7.11 Å². The molecule has 0 spiro atoms. The van der Waals surface area contributed by atoms with Gasteiger partial charge in [-0.05, 0) is 0 Å². The summed E-state index contributed by atoms with van der Waals surface area (Å²) in [5, 5.41) is 21.7. The molecule has 0 saturated carbocycles. The summed E-state index contributed by atoms with van der Waals surface area (Å²) in [5.74, 6) is 0.924. The third-order valence-corrected chi connectivity index (χ3v) is 4.58. The number of hydrogen-bond acceptors (Lipinski definition) is 4. The molecule has 17 heavy (non-hydrogen) atoms. The molecule has 3 N–H and O–H groups in total. The third kappa shape index (κ3) is 4.23. The number of aliphatic hydroxyl groups excluding tert-OH is 2. The van der Waals surface area contributed by atoms with Crippen LogP contribution in [0.4, 0.5) is 5.69 Å². The van der Waals surface area contributed by atoms with Gasteiger partial charge in [0, 0.05) is 0 Å². The number of nitrogens with one attached hydrogen (secondary N) is 1. The molecule has 1 aromatic rings. The summed E-state index contributed by atoms with van der Waals surface area (Å²) in [6, 6.07) is 4.06. The van der Waals surface area contributed by atoms with Gasteiger partial charge in [-0.15, -0.1) is 0 Å². The van der Waals surface area contributed by atoms with Gasteiger partial charge in [-0.2, -0.15) is 0 Å². The zero-order chi connectivity index (χ0) is 12.7. The minimum absolute atomic E-state index is 0.0783. The maximum atomic E-state index is 8.91. The van der Waals surface area contributed by atoms with E-state index in [4.69, 9.17) is 14.9 Å². The molecule has 4 nitrogen and oxygen atoms in total. The summed E-state index contributed by atoms with van der Waals surface area (Å²) in [6.07, 6.45) is 0. The summed E-state index contributed by atoms with van der Waals surface area (Å²) < 4.78 is 6.58. The van der Waals surface area contributed by atoms with Gasteiger partial charge in [0.15, 0.2) is 0 Å². The van der Waals surface area contributed by atoms with Crippen LogP contribution in [0.2, 0.25) is 5.21 Å². The molecule has 0 fully saturated rings. The molecule has 0 aromatic heterocycles. The number of ether oxygens (including phenoxy) is 1. The predicted molar refractivity (Wildman–Crippen MR) is 70.6 cm³/mol. The van der Waals surface area contributed by atoms with Crippen LogP contribution in [-0.2, 0) is 0 Å². The van der Waals surface area contributed by atoms with Crippen LogP contribution in [0.25, 0.3) is 0 Å². The van der Waals surface area contributed by atoms with Crippen molar-refractivity contribution < 1.29 is 14.9 Å². The number of aryl methyl sites for hydroxylation is 1. The first-order chi connectivity index (χ1) is 8.22. The van der Waals surface area contributed by atoms with Crippen LogP contribution in [-0.4, -0.2) is 52.8 Å². The Hall–Kier alpha value is -0.702. The Labute approximate surface area is 109 Å². The van der Waals surface area contributed by atoms with Crippen molar-refractivity contribution in [2.45, 2.75) is 12.1 Å². The number of aliphatic hydroxyl groups is 2. The molecule has 0 unspecified atom stereocenters. The predicted octanol–water partition coefficient (Wildman–Crippen LogP) is 0.148. The SMILES string of the molecule is COc1c(C)cc(NCCO)cc1[As]CCO. The van der Waals surface area contributed by atoms with Crippen LogP contribution in [0, 0.1) is 6.92 Å². The summed E-state index contributed by atoms with van der Waals surface area (Å²) in [4.78, 5) is 0. The van der Waals surface area contributed by atoms with Crippen molar-refractivity contribution in [1.82, 2.24) is 0 Å². The Morgan fingerprint density at radius 2 is 2.06 bits per heavy atom. The average Bonchev–Trinajstić information content (AvgIpc) is 2.33. The van der Waals surface area contributed by atoms with E-state index in [9.17, 15) is 0 Å². The molecule has 0 aliphatic carbocycles. The van der Waals surface area contributed by atoms with Gasteiger partial charge in [-0.1, -0.05) is 0 Å². The van der Waals surface area contributed by atoms with Gasteiger partial charge in [0.25, 0.3) is 0 Å². The number of anilines is 1. The molecule has 1 radical (unpaired) electrons. The molecule has 1 rings (SSSR count). The van der Waals surface area contributed by atoms with Crippen molar-refractivity contribution in [3.8, 4) is 5.75 Å². The van der Waals surface area contributed by atoms with Crippen molar-refractivity contribution in [2.24, 2.45) is 0 Å². The van der Waals surface area contributed by atoms with Gasteiger partial charge in [0.2, 0.25) is 0 Å². The Kier molecular flexibility index (Phi) is 6.41. The molecule has 0 amide bonds. The Balaban J connectivity index is 2.92. The van der Waals surface area contributed by atoms with E-state index in [2.05, 4.69) is 11.4 Å². The zero-order valence-electron chi connectivity index (χ0n) is 10.2. The number of methoxy groups -OCH3 is 1. The number of rotatable bonds is 7. The Morgan fingerprint density at radius 3 is 2.65 bits per heavy atom. The number of benzene rings is 1. The van der Waals surface area contributed by atoms with Gasteiger partial charge in [0.05, 0.1) is 0 Å². The normalized spacial score (nSPS) is 11.1. The quantitative estimate of drug-likeness (QED) is 0.627. The molecule has 95 valence electrons. The second-order valence-corrected chi connectivity index (χ2v) is 6.21. The molecule has 1 aromatic carbocycles.